The van der Waals surface area contributed by atoms with Gasteiger partial charge in [0.2, 0.25) is 0 Å². The molecule has 324 valence electrons. The monoisotopic (exact) mass is 817 g/mol. The maximum Gasteiger partial charge on any atom is 0.408 e. The number of urea groups is 1. The van der Waals surface area contributed by atoms with Gasteiger partial charge in [0, 0.05) is 36.0 Å². The number of ketones is 1. The van der Waals surface area contributed by atoms with Crippen molar-refractivity contribution < 1.29 is 57.5 Å². The van der Waals surface area contributed by atoms with Gasteiger partial charge in [-0.15, -0.1) is 0 Å². The van der Waals surface area contributed by atoms with Crippen molar-refractivity contribution in [1.82, 2.24) is 20.9 Å². The van der Waals surface area contributed by atoms with Crippen LogP contribution in [0.15, 0.2) is 30.3 Å². The van der Waals surface area contributed by atoms with Gasteiger partial charge in [0.1, 0.15) is 29.7 Å². The molecule has 0 spiro atoms. The Bertz CT molecular complexity index is 1640. The topological polar surface area (TPSA) is 212 Å². The lowest BCUT2D eigenvalue weighted by Gasteiger charge is -2.48. The second-order valence-electron chi connectivity index (χ2n) is 17.1. The minimum Gasteiger partial charge on any atom is -0.458 e. The van der Waals surface area contributed by atoms with Gasteiger partial charge in [-0.25, -0.2) is 14.4 Å². The molecule has 58 heavy (non-hydrogen) atoms. The number of aliphatic hydroxyl groups is 1. The summed E-state index contributed by atoms with van der Waals surface area (Å²) in [5.74, 6) is -4.40. The number of ether oxygens (including phenoxy) is 6. The summed E-state index contributed by atoms with van der Waals surface area (Å²) >= 11 is 0. The number of Topliss-reactive ketones (excluding diaryl/α,β-unsaturated/α-hetero) is 1. The lowest BCUT2D eigenvalue weighted by molar-refractivity contribution is -0.299. The maximum absolute atomic E-state index is 14.5. The van der Waals surface area contributed by atoms with Crippen LogP contribution in [0.3, 0.4) is 0 Å². The first-order valence-corrected chi connectivity index (χ1v) is 20.4. The highest BCUT2D eigenvalue weighted by atomic mass is 16.7. The van der Waals surface area contributed by atoms with E-state index in [0.29, 0.717) is 12.1 Å². The number of benzene rings is 1. The van der Waals surface area contributed by atoms with Crippen LogP contribution >= 0.6 is 0 Å². The minimum absolute atomic E-state index is 0.0732. The number of fused-ring (bicyclic) bond motifs is 4. The highest BCUT2D eigenvalue weighted by molar-refractivity contribution is 5.89. The van der Waals surface area contributed by atoms with E-state index < -0.39 is 102 Å². The molecule has 5 rings (SSSR count). The van der Waals surface area contributed by atoms with Gasteiger partial charge in [-0.05, 0) is 73.2 Å². The van der Waals surface area contributed by atoms with Crippen LogP contribution in [-0.4, -0.2) is 133 Å². The van der Waals surface area contributed by atoms with Crippen molar-refractivity contribution in [2.45, 2.75) is 141 Å². The van der Waals surface area contributed by atoms with Crippen molar-refractivity contribution in [2.75, 3.05) is 32.6 Å². The number of aliphatic hydroxyl groups excluding tert-OH is 1. The summed E-state index contributed by atoms with van der Waals surface area (Å²) in [6.45, 7) is 13.5. The molecule has 17 nitrogen and oxygen atoms in total. The number of para-hydroxylation sites is 1. The fourth-order valence-electron chi connectivity index (χ4n) is 9.23. The average Bonchev–Trinajstić information content (AvgIpc) is 3.47. The van der Waals surface area contributed by atoms with E-state index in [4.69, 9.17) is 28.4 Å². The second kappa shape index (κ2) is 18.5. The number of carbonyl (C=O) groups is 5. The molecule has 4 heterocycles. The van der Waals surface area contributed by atoms with E-state index in [-0.39, 0.29) is 43.9 Å². The summed E-state index contributed by atoms with van der Waals surface area (Å²) < 4.78 is 38.0. The number of hydrogen-bond donors (Lipinski definition) is 5. The van der Waals surface area contributed by atoms with Gasteiger partial charge in [-0.2, -0.15) is 0 Å². The quantitative estimate of drug-likeness (QED) is 0.206. The largest absolute Gasteiger partial charge is 0.458 e. The summed E-state index contributed by atoms with van der Waals surface area (Å²) in [5.41, 5.74) is -2.50. The molecule has 15 atom stereocenters. The summed E-state index contributed by atoms with van der Waals surface area (Å²) in [6, 6.07) is 6.22. The van der Waals surface area contributed by atoms with E-state index in [2.05, 4.69) is 21.3 Å². The number of nitrogens with zero attached hydrogens (tertiary/aromatic N) is 1. The molecule has 4 aliphatic heterocycles. The van der Waals surface area contributed by atoms with Crippen molar-refractivity contribution in [3.63, 3.8) is 0 Å². The van der Waals surface area contributed by atoms with E-state index in [0.717, 1.165) is 0 Å². The van der Waals surface area contributed by atoms with Crippen LogP contribution in [-0.2, 0) is 38.0 Å². The highest BCUT2D eigenvalue weighted by Gasteiger charge is 2.58. The van der Waals surface area contributed by atoms with Gasteiger partial charge in [0.05, 0.1) is 36.8 Å². The number of cyclic esters (lactones) is 1. The molecule has 0 aliphatic carbocycles. The third kappa shape index (κ3) is 9.87. The number of carbonyl (C=O) groups excluding carboxylic acids is 5. The standard InChI is InChI=1S/C41H63N5O12/c1-11-29-41(8)33(45-39(52)58-41)23(4)30(47)21(2)18-40(7)34(56-36-31(48)28(46(9)10)17-22(3)54-36)24(5)32(25(6)35(49)55-29)53-20-27(19-42-38(51)57-40)44-37(50)43-26-15-13-12-14-16-26/h12-16,21-25,27-29,31-34,36,48H,11,17-20H2,1-10H3,(H,42,51)(H,45,52)(H2,43,44,50)/t21-,22-,23+,24+,25-,27?,28+,29-,31-,32+,33+,34-,36+,40-,41-/m1/s1. The summed E-state index contributed by atoms with van der Waals surface area (Å²) in [5, 5.41) is 22.8. The second-order valence-corrected chi connectivity index (χ2v) is 17.1. The van der Waals surface area contributed by atoms with Crippen LogP contribution in [0.25, 0.3) is 0 Å². The van der Waals surface area contributed by atoms with Gasteiger partial charge in [0.15, 0.2) is 11.9 Å². The molecule has 17 heteroatoms. The van der Waals surface area contributed by atoms with Crippen molar-refractivity contribution in [2.24, 2.45) is 23.7 Å². The first kappa shape index (κ1) is 45.1. The SMILES string of the molecule is CC[C@H]1OC(=O)[C@H](C)[C@H]2OCC(NC(=O)Nc3ccccc3)CNC(=O)O[C@](C)(C[C@@H](C)C(=O)[C@H](C)[C@@H]3NC(=O)O[C@]13C)[C@H](O[C@@H]1O[C@H](C)C[C@H](N(C)C)[C@H]1O)[C@H]2C. The van der Waals surface area contributed by atoms with Gasteiger partial charge in [-0.3, -0.25) is 9.59 Å². The Kier molecular flexibility index (Phi) is 14.4. The third-order valence-corrected chi connectivity index (χ3v) is 12.3. The molecule has 0 aromatic heterocycles. The molecule has 0 radical (unpaired) electrons. The first-order valence-electron chi connectivity index (χ1n) is 20.4. The van der Waals surface area contributed by atoms with Crippen LogP contribution in [0.4, 0.5) is 20.1 Å². The first-order chi connectivity index (χ1) is 27.3. The molecule has 4 fully saturated rings. The lowest BCUT2D eigenvalue weighted by atomic mass is 9.73. The van der Waals surface area contributed by atoms with Crippen molar-refractivity contribution in [3.8, 4) is 0 Å². The van der Waals surface area contributed by atoms with E-state index in [1.165, 1.54) is 0 Å². The molecular weight excluding hydrogens is 754 g/mol. The van der Waals surface area contributed by atoms with Gasteiger partial charge in [-0.1, -0.05) is 45.9 Å². The average molecular weight is 818 g/mol. The molecular formula is C41H63N5O12. The minimum atomic E-state index is -1.63. The summed E-state index contributed by atoms with van der Waals surface area (Å²) in [7, 11) is 3.70. The lowest BCUT2D eigenvalue weighted by Crippen LogP contribution is -2.61. The normalized spacial score (nSPS) is 40.4. The Hall–Kier alpha value is -4.03. The van der Waals surface area contributed by atoms with Crippen LogP contribution in [0, 0.1) is 23.7 Å². The Balaban J connectivity index is 1.61. The van der Waals surface area contributed by atoms with E-state index in [1.54, 1.807) is 72.7 Å². The predicted molar refractivity (Wildman–Crippen MR) is 211 cm³/mol. The van der Waals surface area contributed by atoms with E-state index >= 15 is 0 Å². The Labute approximate surface area is 340 Å². The summed E-state index contributed by atoms with van der Waals surface area (Å²) in [6.07, 6.45) is -6.71. The molecule has 1 aromatic rings. The molecule has 1 aromatic carbocycles. The fraction of sp³-hybridized carbons (Fsp3) is 0.732. The molecule has 4 amide bonds. The molecule has 4 saturated heterocycles. The Morgan fingerprint density at radius 3 is 2.34 bits per heavy atom. The third-order valence-electron chi connectivity index (χ3n) is 12.3. The Morgan fingerprint density at radius 1 is 1.00 bits per heavy atom. The maximum atomic E-state index is 14.5. The van der Waals surface area contributed by atoms with Crippen LogP contribution in [0.2, 0.25) is 0 Å². The van der Waals surface area contributed by atoms with Gasteiger partial charge in [0.25, 0.3) is 0 Å². The highest BCUT2D eigenvalue weighted by Crippen LogP contribution is 2.42. The van der Waals surface area contributed by atoms with Crippen molar-refractivity contribution >= 4 is 35.7 Å². The molecule has 2 bridgehead atoms. The van der Waals surface area contributed by atoms with Crippen molar-refractivity contribution in [3.05, 3.63) is 30.3 Å². The zero-order chi connectivity index (χ0) is 42.7. The number of rotatable bonds is 6. The molecule has 0 saturated carbocycles. The number of alkyl carbamates (subject to hydrolysis) is 2. The van der Waals surface area contributed by atoms with Crippen LogP contribution in [0.5, 0.6) is 0 Å². The molecule has 1 unspecified atom stereocenters. The van der Waals surface area contributed by atoms with E-state index in [1.807, 2.05) is 32.0 Å². The number of amides is 4. The predicted octanol–water partition coefficient (Wildman–Crippen LogP) is 3.58. The van der Waals surface area contributed by atoms with Crippen molar-refractivity contribution in [1.29, 1.82) is 0 Å². The number of likely N-dealkylation sites (N-methyl/N-ethyl adjacent to an activating group) is 1. The molecule has 5 N–H and O–H groups in total. The van der Waals surface area contributed by atoms with Crippen LogP contribution < -0.4 is 21.3 Å². The molecule has 4 aliphatic rings. The number of anilines is 1. The van der Waals surface area contributed by atoms with Gasteiger partial charge < -0.3 is 59.7 Å². The zero-order valence-corrected chi connectivity index (χ0v) is 35.3. The van der Waals surface area contributed by atoms with Crippen LogP contribution in [0.1, 0.15) is 74.7 Å². The summed E-state index contributed by atoms with van der Waals surface area (Å²) in [4.78, 5) is 70.7. The smallest absolute Gasteiger partial charge is 0.408 e. The number of nitrogens with one attached hydrogen (secondary N) is 4. The Morgan fingerprint density at radius 2 is 1.69 bits per heavy atom. The number of esters is 1. The van der Waals surface area contributed by atoms with Gasteiger partial charge >= 0.3 is 24.2 Å². The fourth-order valence-corrected chi connectivity index (χ4v) is 9.23. The number of hydrogen-bond acceptors (Lipinski definition) is 13. The zero-order valence-electron chi connectivity index (χ0n) is 35.3. The van der Waals surface area contributed by atoms with E-state index in [9.17, 15) is 29.1 Å².